The average molecular weight is 252 g/mol. The summed E-state index contributed by atoms with van der Waals surface area (Å²) in [7, 11) is 4.38. The van der Waals surface area contributed by atoms with Gasteiger partial charge in [-0.1, -0.05) is 6.92 Å². The van der Waals surface area contributed by atoms with Crippen LogP contribution < -0.4 is 5.73 Å². The molecule has 0 aromatic carbocycles. The van der Waals surface area contributed by atoms with Crippen molar-refractivity contribution in [2.45, 2.75) is 50.6 Å². The zero-order chi connectivity index (χ0) is 13.6. The number of hydrogen-bond donors (Lipinski definition) is 1. The largest absolute Gasteiger partial charge is 0.313 e. The molecule has 1 aliphatic rings. The van der Waals surface area contributed by atoms with Crippen LogP contribution in [0.5, 0.6) is 0 Å². The Kier molecular flexibility index (Phi) is 6.07. The molecule has 0 radical (unpaired) electrons. The lowest BCUT2D eigenvalue weighted by molar-refractivity contribution is 0.215. The maximum absolute atomic E-state index is 9.02. The van der Waals surface area contributed by atoms with Crippen LogP contribution in [0.15, 0.2) is 0 Å². The van der Waals surface area contributed by atoms with Crippen molar-refractivity contribution in [1.29, 1.82) is 5.26 Å². The van der Waals surface area contributed by atoms with Crippen molar-refractivity contribution < 1.29 is 0 Å². The van der Waals surface area contributed by atoms with E-state index in [0.29, 0.717) is 6.04 Å². The van der Waals surface area contributed by atoms with E-state index in [-0.39, 0.29) is 0 Å². The third kappa shape index (κ3) is 4.56. The van der Waals surface area contributed by atoms with Crippen LogP contribution in [0.2, 0.25) is 0 Å². The van der Waals surface area contributed by atoms with Crippen molar-refractivity contribution in [3.05, 3.63) is 0 Å². The molecule has 0 aromatic heterocycles. The maximum atomic E-state index is 9.02. The van der Waals surface area contributed by atoms with Gasteiger partial charge < -0.3 is 15.5 Å². The second-order valence-corrected chi connectivity index (χ2v) is 5.76. The number of likely N-dealkylation sites (N-methyl/N-ethyl adjacent to an activating group) is 2. The lowest BCUT2D eigenvalue weighted by Crippen LogP contribution is -2.40. The summed E-state index contributed by atoms with van der Waals surface area (Å²) < 4.78 is 0. The predicted molar refractivity (Wildman–Crippen MR) is 75.2 cm³/mol. The molecule has 0 bridgehead atoms. The molecular formula is C14H28N4. The fourth-order valence-electron chi connectivity index (χ4n) is 2.64. The van der Waals surface area contributed by atoms with Gasteiger partial charge in [0.25, 0.3) is 0 Å². The topological polar surface area (TPSA) is 56.3 Å². The normalized spacial score (nSPS) is 24.1. The van der Waals surface area contributed by atoms with Crippen LogP contribution in [-0.2, 0) is 0 Å². The standard InChI is InChI=1S/C14H28N4/c1-4-14(16,12-15)8-6-9-17(2)11-13-7-5-10-18(13)3/h13H,4-11,16H2,1-3H3. The Morgan fingerprint density at radius 1 is 1.56 bits per heavy atom. The van der Waals surface area contributed by atoms with E-state index in [0.717, 1.165) is 32.4 Å². The minimum absolute atomic E-state index is 0.620. The number of nitrogens with two attached hydrogens (primary N) is 1. The molecular weight excluding hydrogens is 224 g/mol. The first-order chi connectivity index (χ1) is 8.50. The minimum atomic E-state index is -0.620. The van der Waals surface area contributed by atoms with E-state index in [1.54, 1.807) is 0 Å². The van der Waals surface area contributed by atoms with E-state index in [9.17, 15) is 0 Å². The minimum Gasteiger partial charge on any atom is -0.313 e. The fourth-order valence-corrected chi connectivity index (χ4v) is 2.64. The lowest BCUT2D eigenvalue weighted by Gasteiger charge is -2.27. The quantitative estimate of drug-likeness (QED) is 0.744. The molecule has 104 valence electrons. The van der Waals surface area contributed by atoms with Crippen molar-refractivity contribution in [2.24, 2.45) is 5.73 Å². The molecule has 1 heterocycles. The summed E-state index contributed by atoms with van der Waals surface area (Å²) in [5.74, 6) is 0. The van der Waals surface area contributed by atoms with Gasteiger partial charge >= 0.3 is 0 Å². The van der Waals surface area contributed by atoms with E-state index in [1.807, 2.05) is 6.92 Å². The monoisotopic (exact) mass is 252 g/mol. The molecule has 1 aliphatic heterocycles. The van der Waals surface area contributed by atoms with Gasteiger partial charge in [0, 0.05) is 12.6 Å². The maximum Gasteiger partial charge on any atom is 0.104 e. The van der Waals surface area contributed by atoms with Crippen molar-refractivity contribution in [3.63, 3.8) is 0 Å². The van der Waals surface area contributed by atoms with Gasteiger partial charge in [-0.2, -0.15) is 5.26 Å². The van der Waals surface area contributed by atoms with Gasteiger partial charge in [-0.3, -0.25) is 0 Å². The first-order valence-electron chi connectivity index (χ1n) is 7.09. The molecule has 18 heavy (non-hydrogen) atoms. The molecule has 4 heteroatoms. The molecule has 0 spiro atoms. The highest BCUT2D eigenvalue weighted by molar-refractivity contribution is 5.03. The Morgan fingerprint density at radius 2 is 2.28 bits per heavy atom. The number of likely N-dealkylation sites (tertiary alicyclic amines) is 1. The molecule has 1 rings (SSSR count). The van der Waals surface area contributed by atoms with Crippen LogP contribution >= 0.6 is 0 Å². The molecule has 0 amide bonds. The predicted octanol–water partition coefficient (Wildman–Crippen LogP) is 1.42. The van der Waals surface area contributed by atoms with Crippen LogP contribution in [-0.4, -0.2) is 55.1 Å². The Bertz CT molecular complexity index is 286. The van der Waals surface area contributed by atoms with E-state index < -0.39 is 5.54 Å². The Hall–Kier alpha value is -0.630. The van der Waals surface area contributed by atoms with Crippen LogP contribution in [0, 0.1) is 11.3 Å². The second kappa shape index (κ2) is 7.08. The van der Waals surface area contributed by atoms with Crippen molar-refractivity contribution >= 4 is 0 Å². The Labute approximate surface area is 112 Å². The zero-order valence-electron chi connectivity index (χ0n) is 12.2. The highest BCUT2D eigenvalue weighted by Crippen LogP contribution is 2.16. The Morgan fingerprint density at radius 3 is 2.78 bits per heavy atom. The number of hydrogen-bond acceptors (Lipinski definition) is 4. The van der Waals surface area contributed by atoms with E-state index in [2.05, 4.69) is 30.0 Å². The molecule has 1 fully saturated rings. The number of rotatable bonds is 7. The van der Waals surface area contributed by atoms with Gasteiger partial charge in [0.1, 0.15) is 5.54 Å². The highest BCUT2D eigenvalue weighted by Gasteiger charge is 2.23. The molecule has 0 aromatic rings. The highest BCUT2D eigenvalue weighted by atomic mass is 15.2. The molecule has 4 nitrogen and oxygen atoms in total. The third-order valence-corrected chi connectivity index (χ3v) is 4.21. The first-order valence-corrected chi connectivity index (χ1v) is 7.09. The van der Waals surface area contributed by atoms with Crippen LogP contribution in [0.1, 0.15) is 39.0 Å². The SMILES string of the molecule is CCC(N)(C#N)CCCN(C)CC1CCCN1C. The zero-order valence-corrected chi connectivity index (χ0v) is 12.2. The van der Waals surface area contributed by atoms with Crippen molar-refractivity contribution in [2.75, 3.05) is 33.7 Å². The first kappa shape index (κ1) is 15.4. The third-order valence-electron chi connectivity index (χ3n) is 4.21. The summed E-state index contributed by atoms with van der Waals surface area (Å²) in [6.45, 7) is 5.38. The second-order valence-electron chi connectivity index (χ2n) is 5.76. The summed E-state index contributed by atoms with van der Waals surface area (Å²) >= 11 is 0. The van der Waals surface area contributed by atoms with Crippen LogP contribution in [0.4, 0.5) is 0 Å². The lowest BCUT2D eigenvalue weighted by atomic mass is 9.93. The summed E-state index contributed by atoms with van der Waals surface area (Å²) in [5.41, 5.74) is 5.36. The van der Waals surface area contributed by atoms with Crippen LogP contribution in [0.3, 0.4) is 0 Å². The molecule has 2 atom stereocenters. The van der Waals surface area contributed by atoms with Gasteiger partial charge in [-0.25, -0.2) is 0 Å². The van der Waals surface area contributed by atoms with Gasteiger partial charge in [-0.15, -0.1) is 0 Å². The summed E-state index contributed by atoms with van der Waals surface area (Å²) in [4.78, 5) is 4.82. The van der Waals surface area contributed by atoms with Gasteiger partial charge in [0.05, 0.1) is 6.07 Å². The van der Waals surface area contributed by atoms with E-state index >= 15 is 0 Å². The van der Waals surface area contributed by atoms with Crippen molar-refractivity contribution in [3.8, 4) is 6.07 Å². The van der Waals surface area contributed by atoms with E-state index in [1.165, 1.54) is 19.4 Å². The fraction of sp³-hybridized carbons (Fsp3) is 0.929. The average Bonchev–Trinajstić information content (AvgIpc) is 2.75. The summed E-state index contributed by atoms with van der Waals surface area (Å²) in [6.07, 6.45) is 5.17. The molecule has 1 saturated heterocycles. The van der Waals surface area contributed by atoms with Crippen LogP contribution in [0.25, 0.3) is 0 Å². The molecule has 0 saturated carbocycles. The molecule has 0 aliphatic carbocycles. The molecule has 2 N–H and O–H groups in total. The molecule has 2 unspecified atom stereocenters. The van der Waals surface area contributed by atoms with Crippen molar-refractivity contribution in [1.82, 2.24) is 9.80 Å². The van der Waals surface area contributed by atoms with Gasteiger partial charge in [0.2, 0.25) is 0 Å². The smallest absolute Gasteiger partial charge is 0.104 e. The number of nitrogens with zero attached hydrogens (tertiary/aromatic N) is 3. The summed E-state index contributed by atoms with van der Waals surface area (Å²) in [5, 5.41) is 9.02. The van der Waals surface area contributed by atoms with Gasteiger partial charge in [0.15, 0.2) is 0 Å². The Balaban J connectivity index is 2.21. The number of nitriles is 1. The summed E-state index contributed by atoms with van der Waals surface area (Å²) in [6, 6.07) is 2.94. The van der Waals surface area contributed by atoms with E-state index in [4.69, 9.17) is 11.0 Å². The van der Waals surface area contributed by atoms with Gasteiger partial charge in [-0.05, 0) is 59.3 Å².